The Morgan fingerprint density at radius 3 is 2.52 bits per heavy atom. The minimum Gasteiger partial charge on any atom is -0.355 e. The number of likely N-dealkylation sites (tertiary alicyclic amines) is 2. The highest BCUT2D eigenvalue weighted by atomic mass is 16.2. The smallest absolute Gasteiger partial charge is 0.320 e. The molecule has 7 heteroatoms. The molecule has 0 spiro atoms. The van der Waals surface area contributed by atoms with Crippen LogP contribution in [0.4, 0.5) is 4.79 Å². The number of imidazole rings is 1. The third kappa shape index (κ3) is 3.96. The Hall–Kier alpha value is -2.05. The lowest BCUT2D eigenvalue weighted by atomic mass is 9.93. The largest absolute Gasteiger partial charge is 0.355 e. The van der Waals surface area contributed by atoms with Crippen molar-refractivity contribution in [3.05, 3.63) is 18.2 Å². The lowest BCUT2D eigenvalue weighted by molar-refractivity contribution is -0.122. The second kappa shape index (κ2) is 7.52. The van der Waals surface area contributed by atoms with Crippen LogP contribution in [0, 0.1) is 17.8 Å². The van der Waals surface area contributed by atoms with Crippen molar-refractivity contribution in [3.63, 3.8) is 0 Å². The van der Waals surface area contributed by atoms with E-state index in [9.17, 15) is 9.59 Å². The van der Waals surface area contributed by atoms with Crippen LogP contribution < -0.4 is 5.32 Å². The average molecular weight is 374 g/mol. The van der Waals surface area contributed by atoms with Crippen molar-refractivity contribution in [1.29, 1.82) is 0 Å². The van der Waals surface area contributed by atoms with Crippen molar-refractivity contribution in [1.82, 2.24) is 24.7 Å². The zero-order chi connectivity index (χ0) is 19.0. The molecule has 27 heavy (non-hydrogen) atoms. The average Bonchev–Trinajstić information content (AvgIpc) is 3.30. The van der Waals surface area contributed by atoms with Gasteiger partial charge in [0.25, 0.3) is 0 Å². The number of urea groups is 1. The van der Waals surface area contributed by atoms with Crippen molar-refractivity contribution in [2.75, 3.05) is 32.7 Å². The number of aryl methyl sites for hydroxylation is 1. The molecule has 0 aromatic carbocycles. The van der Waals surface area contributed by atoms with E-state index in [0.29, 0.717) is 25.6 Å². The molecule has 3 amide bonds. The molecule has 2 saturated heterocycles. The Bertz CT molecular complexity index is 690. The van der Waals surface area contributed by atoms with Crippen molar-refractivity contribution in [2.45, 2.75) is 38.5 Å². The van der Waals surface area contributed by atoms with Gasteiger partial charge in [0, 0.05) is 69.4 Å². The second-order valence-corrected chi connectivity index (χ2v) is 8.67. The number of carbonyl (C=O) groups is 2. The number of hydrogen-bond acceptors (Lipinski definition) is 3. The van der Waals surface area contributed by atoms with Crippen LogP contribution in [0.3, 0.4) is 0 Å². The van der Waals surface area contributed by atoms with Crippen LogP contribution in [0.2, 0.25) is 0 Å². The second-order valence-electron chi connectivity index (χ2n) is 8.67. The molecule has 1 aromatic heterocycles. The van der Waals surface area contributed by atoms with Gasteiger partial charge in [-0.1, -0.05) is 6.92 Å². The van der Waals surface area contributed by atoms with E-state index in [2.05, 4.69) is 17.2 Å². The number of hydrogen-bond donors (Lipinski definition) is 1. The maximum atomic E-state index is 13.1. The van der Waals surface area contributed by atoms with E-state index < -0.39 is 0 Å². The van der Waals surface area contributed by atoms with Crippen LogP contribution in [0.5, 0.6) is 0 Å². The van der Waals surface area contributed by atoms with Gasteiger partial charge in [0.1, 0.15) is 0 Å². The van der Waals surface area contributed by atoms with Crippen LogP contribution in [-0.2, 0) is 11.8 Å². The van der Waals surface area contributed by atoms with E-state index in [4.69, 9.17) is 0 Å². The molecule has 0 unspecified atom stereocenters. The fourth-order valence-corrected chi connectivity index (χ4v) is 4.42. The molecule has 0 radical (unpaired) electrons. The Morgan fingerprint density at radius 2 is 1.89 bits per heavy atom. The van der Waals surface area contributed by atoms with Crippen LogP contribution >= 0.6 is 0 Å². The molecule has 1 N–H and O–H groups in total. The predicted octanol–water partition coefficient (Wildman–Crippen LogP) is 1.81. The zero-order valence-corrected chi connectivity index (χ0v) is 16.4. The number of nitrogens with zero attached hydrogens (tertiary/aromatic N) is 4. The molecule has 2 atom stereocenters. The summed E-state index contributed by atoms with van der Waals surface area (Å²) >= 11 is 0. The summed E-state index contributed by atoms with van der Waals surface area (Å²) in [6.45, 7) is 6.01. The maximum Gasteiger partial charge on any atom is 0.320 e. The van der Waals surface area contributed by atoms with E-state index >= 15 is 0 Å². The summed E-state index contributed by atoms with van der Waals surface area (Å²) in [6, 6.07) is 0.157. The first-order chi connectivity index (χ1) is 13.0. The Balaban J connectivity index is 1.44. The molecule has 1 saturated carbocycles. The summed E-state index contributed by atoms with van der Waals surface area (Å²) in [5.74, 6) is 1.55. The number of amides is 3. The van der Waals surface area contributed by atoms with Crippen molar-refractivity contribution in [2.24, 2.45) is 24.8 Å². The monoisotopic (exact) mass is 373 g/mol. The van der Waals surface area contributed by atoms with Gasteiger partial charge in [0.05, 0.1) is 6.33 Å². The first-order valence-corrected chi connectivity index (χ1v) is 10.3. The van der Waals surface area contributed by atoms with Gasteiger partial charge in [-0.15, -0.1) is 0 Å². The summed E-state index contributed by atoms with van der Waals surface area (Å²) in [5.41, 5.74) is 1.14. The van der Waals surface area contributed by atoms with Gasteiger partial charge < -0.3 is 19.7 Å². The lowest BCUT2D eigenvalue weighted by Crippen LogP contribution is -2.46. The van der Waals surface area contributed by atoms with Gasteiger partial charge in [-0.05, 0) is 31.6 Å². The van der Waals surface area contributed by atoms with Crippen molar-refractivity contribution in [3.8, 4) is 0 Å². The molecule has 4 rings (SSSR count). The summed E-state index contributed by atoms with van der Waals surface area (Å²) in [6.07, 6.45) is 7.92. The van der Waals surface area contributed by atoms with Crippen molar-refractivity contribution >= 4 is 11.9 Å². The molecule has 3 heterocycles. The van der Waals surface area contributed by atoms with Gasteiger partial charge in [0.2, 0.25) is 5.91 Å². The van der Waals surface area contributed by atoms with Crippen LogP contribution in [0.15, 0.2) is 12.5 Å². The molecular weight excluding hydrogens is 342 g/mol. The SMILES string of the molecule is CC1CCN(C(=O)N2C[C@@H](CNC(=O)C3CC3)[C@H](c3cncn3C)C2)CC1. The molecular formula is C20H31N5O2. The highest BCUT2D eigenvalue weighted by molar-refractivity contribution is 5.80. The Kier molecular flexibility index (Phi) is 5.10. The quantitative estimate of drug-likeness (QED) is 0.875. The number of rotatable bonds is 4. The molecule has 1 aromatic rings. The molecule has 148 valence electrons. The predicted molar refractivity (Wildman–Crippen MR) is 102 cm³/mol. The minimum absolute atomic E-state index is 0.157. The third-order valence-corrected chi connectivity index (χ3v) is 6.49. The Morgan fingerprint density at radius 1 is 1.15 bits per heavy atom. The van der Waals surface area contributed by atoms with E-state index in [1.165, 1.54) is 0 Å². The normalized spacial score (nSPS) is 26.4. The van der Waals surface area contributed by atoms with E-state index in [1.54, 1.807) is 0 Å². The third-order valence-electron chi connectivity index (χ3n) is 6.49. The first kappa shape index (κ1) is 18.3. The summed E-state index contributed by atoms with van der Waals surface area (Å²) in [7, 11) is 2.00. The number of aromatic nitrogens is 2. The molecule has 0 bridgehead atoms. The van der Waals surface area contributed by atoms with Crippen molar-refractivity contribution < 1.29 is 9.59 Å². The lowest BCUT2D eigenvalue weighted by Gasteiger charge is -2.33. The highest BCUT2D eigenvalue weighted by Crippen LogP contribution is 2.34. The van der Waals surface area contributed by atoms with E-state index in [-0.39, 0.29) is 29.7 Å². The van der Waals surface area contributed by atoms with Crippen LogP contribution in [0.1, 0.15) is 44.2 Å². The zero-order valence-electron chi connectivity index (χ0n) is 16.4. The van der Waals surface area contributed by atoms with Gasteiger partial charge in [0.15, 0.2) is 0 Å². The fourth-order valence-electron chi connectivity index (χ4n) is 4.42. The number of nitrogens with one attached hydrogen (secondary N) is 1. The van der Waals surface area contributed by atoms with Crippen LogP contribution in [0.25, 0.3) is 0 Å². The molecule has 3 aliphatic rings. The molecule has 1 aliphatic carbocycles. The highest BCUT2D eigenvalue weighted by Gasteiger charge is 2.40. The summed E-state index contributed by atoms with van der Waals surface area (Å²) in [4.78, 5) is 33.4. The minimum atomic E-state index is 0.157. The first-order valence-electron chi connectivity index (χ1n) is 10.3. The molecule has 3 fully saturated rings. The maximum absolute atomic E-state index is 13.1. The van der Waals surface area contributed by atoms with E-state index in [1.807, 2.05) is 33.9 Å². The fraction of sp³-hybridized carbons (Fsp3) is 0.750. The number of piperidine rings is 1. The summed E-state index contributed by atoms with van der Waals surface area (Å²) in [5, 5.41) is 3.12. The topological polar surface area (TPSA) is 70.5 Å². The molecule has 7 nitrogen and oxygen atoms in total. The van der Waals surface area contributed by atoms with E-state index in [0.717, 1.165) is 44.5 Å². The van der Waals surface area contributed by atoms with Gasteiger partial charge in [-0.25, -0.2) is 9.78 Å². The summed E-state index contributed by atoms with van der Waals surface area (Å²) < 4.78 is 2.04. The van der Waals surface area contributed by atoms with Crippen LogP contribution in [-0.4, -0.2) is 64.0 Å². The van der Waals surface area contributed by atoms with Gasteiger partial charge in [-0.3, -0.25) is 4.79 Å². The standard InChI is InChI=1S/C20H31N5O2/c1-14-5-7-24(8-6-14)20(27)25-11-16(9-22-19(26)15-3-4-15)17(12-25)18-10-21-13-23(18)2/h10,13-17H,3-9,11-12H2,1-2H3,(H,22,26)/t16-,17-/m1/s1. The van der Waals surface area contributed by atoms with Gasteiger partial charge in [-0.2, -0.15) is 0 Å². The van der Waals surface area contributed by atoms with Gasteiger partial charge >= 0.3 is 6.03 Å². The Labute approximate surface area is 161 Å². The number of carbonyl (C=O) groups excluding carboxylic acids is 2. The molecule has 2 aliphatic heterocycles.